The van der Waals surface area contributed by atoms with E-state index in [1.807, 2.05) is 30.3 Å². The number of benzodiazepines with no additional fused rings is 1. The fourth-order valence-electron chi connectivity index (χ4n) is 2.40. The number of hydrazine groups is 1. The molecule has 1 aliphatic heterocycles. The van der Waals surface area contributed by atoms with E-state index in [0.29, 0.717) is 22.7 Å². The molecule has 1 N–H and O–H groups in total. The van der Waals surface area contributed by atoms with Gasteiger partial charge in [-0.3, -0.25) is 14.8 Å². The van der Waals surface area contributed by atoms with Crippen LogP contribution < -0.4 is 10.4 Å². The Morgan fingerprint density at radius 3 is 2.79 bits per heavy atom. The molecule has 0 unspecified atom stereocenters. The summed E-state index contributed by atoms with van der Waals surface area (Å²) in [5.74, 6) is -0.360. The van der Waals surface area contributed by atoms with Gasteiger partial charge in [0, 0.05) is 11.8 Å². The predicted molar refractivity (Wildman–Crippen MR) is 88.8 cm³/mol. The van der Waals surface area contributed by atoms with Crippen molar-refractivity contribution in [3.63, 3.8) is 0 Å². The number of aliphatic imine (C=N–C) groups is 1. The Balaban J connectivity index is 2.04. The van der Waals surface area contributed by atoms with Crippen LogP contribution in [0.4, 0.5) is 10.5 Å². The minimum Gasteiger partial charge on any atom is -0.449 e. The van der Waals surface area contributed by atoms with Crippen LogP contribution in [-0.4, -0.2) is 35.8 Å². The smallest absolute Gasteiger partial charge is 0.426 e. The van der Waals surface area contributed by atoms with Gasteiger partial charge in [0.15, 0.2) is 0 Å². The lowest BCUT2D eigenvalue weighted by atomic mass is 10.0. The standard InChI is InChI=1S/C17H16N4O3/c1-2-24-17(23)20-21-14-9-4-3-7-12(14)16(19-11-15(21)22)13-8-5-6-10-18-13/h3-10H,2,11H2,1H3,(H,20,23). The molecule has 122 valence electrons. The van der Waals surface area contributed by atoms with Gasteiger partial charge in [-0.15, -0.1) is 0 Å². The zero-order valence-electron chi connectivity index (χ0n) is 13.1. The van der Waals surface area contributed by atoms with Crippen molar-refractivity contribution in [3.05, 3.63) is 59.9 Å². The SMILES string of the molecule is CCOC(=O)NN1C(=O)CN=C(c2ccccn2)c2ccccc21. The Hall–Kier alpha value is -3.22. The first kappa shape index (κ1) is 15.7. The van der Waals surface area contributed by atoms with Gasteiger partial charge in [0.25, 0.3) is 5.91 Å². The molecule has 0 saturated heterocycles. The second-order valence-corrected chi connectivity index (χ2v) is 4.96. The molecule has 2 aromatic rings. The van der Waals surface area contributed by atoms with Crippen LogP contribution in [0.3, 0.4) is 0 Å². The van der Waals surface area contributed by atoms with E-state index in [1.165, 1.54) is 5.01 Å². The van der Waals surface area contributed by atoms with Crippen molar-refractivity contribution in [2.75, 3.05) is 18.2 Å². The number of benzene rings is 1. The molecular formula is C17H16N4O3. The molecule has 2 amide bonds. The van der Waals surface area contributed by atoms with Crippen LogP contribution in [0.25, 0.3) is 0 Å². The summed E-state index contributed by atoms with van der Waals surface area (Å²) in [6, 6.07) is 12.7. The molecule has 0 saturated carbocycles. The number of carbonyl (C=O) groups is 2. The predicted octanol–water partition coefficient (Wildman–Crippen LogP) is 1.93. The highest BCUT2D eigenvalue weighted by Crippen LogP contribution is 2.25. The maximum absolute atomic E-state index is 12.4. The zero-order chi connectivity index (χ0) is 16.9. The van der Waals surface area contributed by atoms with E-state index in [0.717, 1.165) is 0 Å². The molecule has 1 aliphatic rings. The van der Waals surface area contributed by atoms with E-state index in [1.54, 1.807) is 25.3 Å². The molecule has 0 radical (unpaired) electrons. The fraction of sp³-hybridized carbons (Fsp3) is 0.176. The summed E-state index contributed by atoms with van der Waals surface area (Å²) in [5.41, 5.74) is 4.97. The number of anilines is 1. The number of hydrogen-bond acceptors (Lipinski definition) is 5. The molecule has 0 bridgehead atoms. The first-order chi connectivity index (χ1) is 11.7. The largest absolute Gasteiger partial charge is 0.449 e. The van der Waals surface area contributed by atoms with E-state index in [-0.39, 0.29) is 19.1 Å². The molecule has 7 heteroatoms. The van der Waals surface area contributed by atoms with Crippen LogP contribution in [0, 0.1) is 0 Å². The summed E-state index contributed by atoms with van der Waals surface area (Å²) in [4.78, 5) is 32.9. The van der Waals surface area contributed by atoms with Gasteiger partial charge in [-0.2, -0.15) is 0 Å². The maximum Gasteiger partial charge on any atom is 0.426 e. The topological polar surface area (TPSA) is 83.9 Å². The third kappa shape index (κ3) is 3.10. The number of aromatic nitrogens is 1. The summed E-state index contributed by atoms with van der Waals surface area (Å²) in [5, 5.41) is 1.17. The number of hydrogen-bond donors (Lipinski definition) is 1. The van der Waals surface area contributed by atoms with E-state index in [2.05, 4.69) is 15.4 Å². The van der Waals surface area contributed by atoms with Crippen LogP contribution >= 0.6 is 0 Å². The van der Waals surface area contributed by atoms with Crippen LogP contribution in [-0.2, 0) is 9.53 Å². The van der Waals surface area contributed by atoms with Crippen LogP contribution in [0.2, 0.25) is 0 Å². The van der Waals surface area contributed by atoms with Crippen LogP contribution in [0.5, 0.6) is 0 Å². The second-order valence-electron chi connectivity index (χ2n) is 4.96. The van der Waals surface area contributed by atoms with Gasteiger partial charge in [-0.1, -0.05) is 24.3 Å². The number of nitrogens with zero attached hydrogens (tertiary/aromatic N) is 3. The van der Waals surface area contributed by atoms with Crippen molar-refractivity contribution in [2.45, 2.75) is 6.92 Å². The fourth-order valence-corrected chi connectivity index (χ4v) is 2.40. The minimum absolute atomic E-state index is 0.104. The average molecular weight is 324 g/mol. The van der Waals surface area contributed by atoms with Gasteiger partial charge in [-0.05, 0) is 25.1 Å². The summed E-state index contributed by atoms with van der Waals surface area (Å²) >= 11 is 0. The highest BCUT2D eigenvalue weighted by molar-refractivity contribution is 6.18. The van der Waals surface area contributed by atoms with Crippen molar-refractivity contribution in [1.82, 2.24) is 10.4 Å². The lowest BCUT2D eigenvalue weighted by molar-refractivity contribution is -0.117. The highest BCUT2D eigenvalue weighted by Gasteiger charge is 2.27. The normalized spacial score (nSPS) is 13.6. The number of para-hydroxylation sites is 1. The minimum atomic E-state index is -0.693. The number of fused-ring (bicyclic) bond motifs is 1. The molecule has 0 fully saturated rings. The quantitative estimate of drug-likeness (QED) is 0.935. The number of ether oxygens (including phenoxy) is 1. The van der Waals surface area contributed by atoms with Crippen LogP contribution in [0.15, 0.2) is 53.7 Å². The van der Waals surface area contributed by atoms with E-state index in [4.69, 9.17) is 4.74 Å². The van der Waals surface area contributed by atoms with Crippen molar-refractivity contribution < 1.29 is 14.3 Å². The highest BCUT2D eigenvalue weighted by atomic mass is 16.6. The van der Waals surface area contributed by atoms with Gasteiger partial charge in [0.05, 0.1) is 23.7 Å². The summed E-state index contributed by atoms with van der Waals surface area (Å²) in [6.45, 7) is 1.80. The van der Waals surface area contributed by atoms with Gasteiger partial charge in [0.1, 0.15) is 6.54 Å². The number of rotatable bonds is 3. The summed E-state index contributed by atoms with van der Waals surface area (Å²) < 4.78 is 4.87. The third-order valence-electron chi connectivity index (χ3n) is 3.41. The number of pyridine rings is 1. The van der Waals surface area contributed by atoms with E-state index < -0.39 is 6.09 Å². The monoisotopic (exact) mass is 324 g/mol. The average Bonchev–Trinajstić information content (AvgIpc) is 2.74. The molecule has 3 rings (SSSR count). The summed E-state index contributed by atoms with van der Waals surface area (Å²) in [6.07, 6.45) is 0.976. The molecule has 0 aliphatic carbocycles. The molecule has 1 aromatic heterocycles. The number of amides is 2. The van der Waals surface area contributed by atoms with Gasteiger partial charge >= 0.3 is 6.09 Å². The number of carbonyl (C=O) groups excluding carboxylic acids is 2. The number of nitrogens with one attached hydrogen (secondary N) is 1. The van der Waals surface area contributed by atoms with Crippen molar-refractivity contribution in [3.8, 4) is 0 Å². The maximum atomic E-state index is 12.4. The van der Waals surface area contributed by atoms with Gasteiger partial charge in [-0.25, -0.2) is 15.2 Å². The van der Waals surface area contributed by atoms with E-state index in [9.17, 15) is 9.59 Å². The van der Waals surface area contributed by atoms with Crippen molar-refractivity contribution in [2.24, 2.45) is 4.99 Å². The van der Waals surface area contributed by atoms with Gasteiger partial charge < -0.3 is 4.74 Å². The van der Waals surface area contributed by atoms with Crippen molar-refractivity contribution >= 4 is 23.4 Å². The summed E-state index contributed by atoms with van der Waals surface area (Å²) in [7, 11) is 0. The lowest BCUT2D eigenvalue weighted by Gasteiger charge is -2.22. The molecule has 1 aromatic carbocycles. The Kier molecular flexibility index (Phi) is 4.51. The second kappa shape index (κ2) is 6.91. The molecule has 24 heavy (non-hydrogen) atoms. The Morgan fingerprint density at radius 1 is 1.25 bits per heavy atom. The van der Waals surface area contributed by atoms with Crippen LogP contribution in [0.1, 0.15) is 18.2 Å². The molecule has 0 atom stereocenters. The Labute approximate surface area is 139 Å². The first-order valence-electron chi connectivity index (χ1n) is 7.52. The Morgan fingerprint density at radius 2 is 2.04 bits per heavy atom. The zero-order valence-corrected chi connectivity index (χ0v) is 13.1. The Bertz CT molecular complexity index is 789. The molecule has 0 spiro atoms. The van der Waals surface area contributed by atoms with Gasteiger partial charge in [0.2, 0.25) is 0 Å². The molecule has 2 heterocycles. The molecular weight excluding hydrogens is 308 g/mol. The first-order valence-corrected chi connectivity index (χ1v) is 7.52. The van der Waals surface area contributed by atoms with E-state index >= 15 is 0 Å². The third-order valence-corrected chi connectivity index (χ3v) is 3.41. The lowest BCUT2D eigenvalue weighted by Crippen LogP contribution is -2.47. The molecule has 7 nitrogen and oxygen atoms in total. The van der Waals surface area contributed by atoms with Crippen molar-refractivity contribution in [1.29, 1.82) is 0 Å².